The van der Waals surface area contributed by atoms with Crippen molar-refractivity contribution in [3.8, 4) is 5.75 Å². The molecule has 0 saturated heterocycles. The summed E-state index contributed by atoms with van der Waals surface area (Å²) in [6.45, 7) is 5.74. The minimum atomic E-state index is -0.458. The quantitative estimate of drug-likeness (QED) is 0.670. The van der Waals surface area contributed by atoms with Gasteiger partial charge in [-0.05, 0) is 44.0 Å². The maximum atomic E-state index is 14.4. The summed E-state index contributed by atoms with van der Waals surface area (Å²) in [7, 11) is 1.60. The van der Waals surface area contributed by atoms with E-state index in [1.807, 2.05) is 45.0 Å². The van der Waals surface area contributed by atoms with E-state index < -0.39 is 6.04 Å². The first-order valence-electron chi connectivity index (χ1n) is 6.85. The zero-order valence-corrected chi connectivity index (χ0v) is 12.8. The monoisotopic (exact) mass is 288 g/mol. The SMILES string of the molecule is COc1ccc(C)cc1C(NN)c1c(C)cc(C)cc1F. The Kier molecular flexibility index (Phi) is 4.60. The van der Waals surface area contributed by atoms with Crippen LogP contribution in [0.1, 0.15) is 33.9 Å². The first-order valence-corrected chi connectivity index (χ1v) is 6.85. The van der Waals surface area contributed by atoms with E-state index in [9.17, 15) is 4.39 Å². The predicted octanol–water partition coefficient (Wildman–Crippen LogP) is 3.31. The summed E-state index contributed by atoms with van der Waals surface area (Å²) in [5.41, 5.74) is 6.91. The van der Waals surface area contributed by atoms with Crippen LogP contribution in [-0.4, -0.2) is 7.11 Å². The molecular formula is C17H21FN2O. The molecule has 0 radical (unpaired) electrons. The van der Waals surface area contributed by atoms with Gasteiger partial charge in [-0.25, -0.2) is 9.82 Å². The van der Waals surface area contributed by atoms with E-state index in [0.29, 0.717) is 11.3 Å². The van der Waals surface area contributed by atoms with Gasteiger partial charge in [0.15, 0.2) is 0 Å². The number of halogens is 1. The topological polar surface area (TPSA) is 47.3 Å². The van der Waals surface area contributed by atoms with Crippen molar-refractivity contribution in [2.45, 2.75) is 26.8 Å². The Bertz CT molecular complexity index is 632. The maximum Gasteiger partial charge on any atom is 0.128 e. The minimum absolute atomic E-state index is 0.265. The smallest absolute Gasteiger partial charge is 0.128 e. The highest BCUT2D eigenvalue weighted by molar-refractivity contribution is 5.46. The number of benzene rings is 2. The van der Waals surface area contributed by atoms with Crippen molar-refractivity contribution < 1.29 is 9.13 Å². The predicted molar refractivity (Wildman–Crippen MR) is 82.8 cm³/mol. The van der Waals surface area contributed by atoms with E-state index in [1.165, 1.54) is 6.07 Å². The number of hydrogen-bond acceptors (Lipinski definition) is 3. The van der Waals surface area contributed by atoms with Crippen LogP contribution in [0.2, 0.25) is 0 Å². The van der Waals surface area contributed by atoms with Crippen molar-refractivity contribution >= 4 is 0 Å². The number of hydrogen-bond donors (Lipinski definition) is 2. The van der Waals surface area contributed by atoms with Crippen LogP contribution >= 0.6 is 0 Å². The third-order valence-electron chi connectivity index (χ3n) is 3.63. The molecule has 0 spiro atoms. The fourth-order valence-electron chi connectivity index (χ4n) is 2.70. The Hall–Kier alpha value is -1.91. The number of ether oxygens (including phenoxy) is 1. The normalized spacial score (nSPS) is 12.3. The first kappa shape index (κ1) is 15.5. The van der Waals surface area contributed by atoms with E-state index in [4.69, 9.17) is 10.6 Å². The number of rotatable bonds is 4. The van der Waals surface area contributed by atoms with E-state index in [0.717, 1.165) is 22.3 Å². The summed E-state index contributed by atoms with van der Waals surface area (Å²) in [4.78, 5) is 0. The third kappa shape index (κ3) is 3.06. The molecular weight excluding hydrogens is 267 g/mol. The van der Waals surface area contributed by atoms with Gasteiger partial charge in [-0.3, -0.25) is 5.84 Å². The zero-order chi connectivity index (χ0) is 15.6. The Morgan fingerprint density at radius 3 is 2.38 bits per heavy atom. The summed E-state index contributed by atoms with van der Waals surface area (Å²) in [5.74, 6) is 6.13. The average Bonchev–Trinajstić information content (AvgIpc) is 2.42. The Morgan fingerprint density at radius 2 is 1.81 bits per heavy atom. The van der Waals surface area contributed by atoms with Crippen molar-refractivity contribution in [3.05, 3.63) is 64.0 Å². The maximum absolute atomic E-state index is 14.4. The van der Waals surface area contributed by atoms with Gasteiger partial charge in [0.2, 0.25) is 0 Å². The van der Waals surface area contributed by atoms with E-state index in [1.54, 1.807) is 7.11 Å². The van der Waals surface area contributed by atoms with Gasteiger partial charge in [-0.1, -0.05) is 23.8 Å². The second-order valence-electron chi connectivity index (χ2n) is 5.32. The summed E-state index contributed by atoms with van der Waals surface area (Å²) in [6, 6.07) is 8.80. The van der Waals surface area contributed by atoms with Gasteiger partial charge in [0.05, 0.1) is 13.2 Å². The molecule has 3 N–H and O–H groups in total. The molecule has 0 aliphatic carbocycles. The lowest BCUT2D eigenvalue weighted by molar-refractivity contribution is 0.403. The van der Waals surface area contributed by atoms with Crippen LogP contribution in [0.5, 0.6) is 5.75 Å². The lowest BCUT2D eigenvalue weighted by Gasteiger charge is -2.22. The van der Waals surface area contributed by atoms with E-state index in [-0.39, 0.29) is 5.82 Å². The highest BCUT2D eigenvalue weighted by Crippen LogP contribution is 2.33. The minimum Gasteiger partial charge on any atom is -0.496 e. The van der Waals surface area contributed by atoms with Crippen LogP contribution in [0, 0.1) is 26.6 Å². The fraction of sp³-hybridized carbons (Fsp3) is 0.294. The van der Waals surface area contributed by atoms with Gasteiger partial charge in [0.1, 0.15) is 11.6 Å². The molecule has 0 fully saturated rings. The summed E-state index contributed by atoms with van der Waals surface area (Å²) in [5, 5.41) is 0. The number of methoxy groups -OCH3 is 1. The van der Waals surface area contributed by atoms with Crippen molar-refractivity contribution in [3.63, 3.8) is 0 Å². The number of aryl methyl sites for hydroxylation is 3. The highest BCUT2D eigenvalue weighted by Gasteiger charge is 2.22. The fourth-order valence-corrected chi connectivity index (χ4v) is 2.70. The van der Waals surface area contributed by atoms with Gasteiger partial charge in [0.25, 0.3) is 0 Å². The van der Waals surface area contributed by atoms with Gasteiger partial charge < -0.3 is 4.74 Å². The van der Waals surface area contributed by atoms with Crippen LogP contribution in [-0.2, 0) is 0 Å². The van der Waals surface area contributed by atoms with Crippen molar-refractivity contribution in [2.75, 3.05) is 7.11 Å². The molecule has 4 heteroatoms. The van der Waals surface area contributed by atoms with Gasteiger partial charge >= 0.3 is 0 Å². The molecule has 1 unspecified atom stereocenters. The number of nitrogens with two attached hydrogens (primary N) is 1. The summed E-state index contributed by atoms with van der Waals surface area (Å²) < 4.78 is 19.8. The van der Waals surface area contributed by atoms with Crippen molar-refractivity contribution in [1.82, 2.24) is 5.43 Å². The van der Waals surface area contributed by atoms with Gasteiger partial charge in [0, 0.05) is 11.1 Å². The highest BCUT2D eigenvalue weighted by atomic mass is 19.1. The number of hydrazine groups is 1. The van der Waals surface area contributed by atoms with Crippen LogP contribution < -0.4 is 16.0 Å². The van der Waals surface area contributed by atoms with Gasteiger partial charge in [-0.2, -0.15) is 0 Å². The van der Waals surface area contributed by atoms with Crippen LogP contribution in [0.15, 0.2) is 30.3 Å². The molecule has 0 aliphatic heterocycles. The summed E-state index contributed by atoms with van der Waals surface area (Å²) in [6.07, 6.45) is 0. The number of nitrogens with one attached hydrogen (secondary N) is 1. The average molecular weight is 288 g/mol. The lowest BCUT2D eigenvalue weighted by atomic mass is 9.92. The molecule has 2 rings (SSSR count). The molecule has 1 atom stereocenters. The van der Waals surface area contributed by atoms with E-state index in [2.05, 4.69) is 5.43 Å². The van der Waals surface area contributed by atoms with Gasteiger partial charge in [-0.15, -0.1) is 0 Å². The Balaban J connectivity index is 2.63. The Labute approximate surface area is 124 Å². The van der Waals surface area contributed by atoms with Crippen LogP contribution in [0.25, 0.3) is 0 Å². The second kappa shape index (κ2) is 6.24. The lowest BCUT2D eigenvalue weighted by Crippen LogP contribution is -2.30. The molecule has 21 heavy (non-hydrogen) atoms. The molecule has 112 valence electrons. The standard InChI is InChI=1S/C17H21FN2O/c1-10-5-6-15(21-4)13(8-10)17(20-19)16-12(3)7-11(2)9-14(16)18/h5-9,17,20H,19H2,1-4H3. The third-order valence-corrected chi connectivity index (χ3v) is 3.63. The molecule has 0 aromatic heterocycles. The molecule has 0 heterocycles. The largest absolute Gasteiger partial charge is 0.496 e. The molecule has 3 nitrogen and oxygen atoms in total. The molecule has 2 aromatic carbocycles. The molecule has 2 aromatic rings. The molecule has 0 amide bonds. The van der Waals surface area contributed by atoms with Crippen LogP contribution in [0.4, 0.5) is 4.39 Å². The van der Waals surface area contributed by atoms with Crippen molar-refractivity contribution in [1.29, 1.82) is 0 Å². The molecule has 0 bridgehead atoms. The molecule has 0 aliphatic rings. The van der Waals surface area contributed by atoms with Crippen molar-refractivity contribution in [2.24, 2.45) is 5.84 Å². The first-order chi connectivity index (χ1) is 9.97. The van der Waals surface area contributed by atoms with Crippen LogP contribution in [0.3, 0.4) is 0 Å². The second-order valence-corrected chi connectivity index (χ2v) is 5.32. The summed E-state index contributed by atoms with van der Waals surface area (Å²) >= 11 is 0. The molecule has 0 saturated carbocycles. The zero-order valence-electron chi connectivity index (χ0n) is 12.8. The van der Waals surface area contributed by atoms with E-state index >= 15 is 0 Å². The Morgan fingerprint density at radius 1 is 1.10 bits per heavy atom.